The number of carbonyl (C=O) groups excluding carboxylic acids is 1. The molecule has 0 atom stereocenters. The fourth-order valence-electron chi connectivity index (χ4n) is 2.38. The Labute approximate surface area is 92.5 Å². The van der Waals surface area contributed by atoms with E-state index in [2.05, 4.69) is 39.6 Å². The van der Waals surface area contributed by atoms with Crippen LogP contribution in [0.1, 0.15) is 34.1 Å². The van der Waals surface area contributed by atoms with E-state index in [1.54, 1.807) is 6.08 Å². The predicted octanol–water partition coefficient (Wildman–Crippen LogP) is 1.55. The van der Waals surface area contributed by atoms with Crippen molar-refractivity contribution in [1.29, 1.82) is 0 Å². The van der Waals surface area contributed by atoms with E-state index in [0.29, 0.717) is 13.0 Å². The Kier molecular flexibility index (Phi) is 3.24. The van der Waals surface area contributed by atoms with E-state index >= 15 is 0 Å². The van der Waals surface area contributed by atoms with E-state index in [4.69, 9.17) is 0 Å². The van der Waals surface area contributed by atoms with E-state index in [1.165, 1.54) is 0 Å². The van der Waals surface area contributed by atoms with Gasteiger partial charge in [0.15, 0.2) is 0 Å². The predicted molar refractivity (Wildman–Crippen MR) is 62.7 cm³/mol. The summed E-state index contributed by atoms with van der Waals surface area (Å²) < 4.78 is 0. The van der Waals surface area contributed by atoms with Crippen molar-refractivity contribution < 1.29 is 4.79 Å². The Bertz CT molecular complexity index is 269. The van der Waals surface area contributed by atoms with Gasteiger partial charge in [-0.3, -0.25) is 4.79 Å². The Morgan fingerprint density at radius 2 is 2.00 bits per heavy atom. The van der Waals surface area contributed by atoms with E-state index in [1.807, 2.05) is 4.90 Å². The van der Waals surface area contributed by atoms with Crippen molar-refractivity contribution in [1.82, 2.24) is 10.2 Å². The van der Waals surface area contributed by atoms with Gasteiger partial charge >= 0.3 is 0 Å². The van der Waals surface area contributed by atoms with Gasteiger partial charge in [0, 0.05) is 30.6 Å². The maximum absolute atomic E-state index is 11.9. The van der Waals surface area contributed by atoms with Crippen LogP contribution in [0, 0.1) is 0 Å². The minimum absolute atomic E-state index is 0.0430. The average Bonchev–Trinajstić information content (AvgIpc) is 2.05. The Morgan fingerprint density at radius 3 is 2.53 bits per heavy atom. The molecule has 0 aromatic rings. The van der Waals surface area contributed by atoms with Crippen LogP contribution in [0.2, 0.25) is 0 Å². The molecular formula is C12H22N2O. The van der Waals surface area contributed by atoms with Crippen molar-refractivity contribution >= 4 is 5.91 Å². The molecule has 0 spiro atoms. The summed E-state index contributed by atoms with van der Waals surface area (Å²) >= 11 is 0. The highest BCUT2D eigenvalue weighted by Crippen LogP contribution is 2.21. The van der Waals surface area contributed by atoms with Gasteiger partial charge in [0.05, 0.1) is 0 Å². The molecule has 3 nitrogen and oxygen atoms in total. The van der Waals surface area contributed by atoms with Crippen molar-refractivity contribution in [3.05, 3.63) is 12.7 Å². The van der Waals surface area contributed by atoms with E-state index < -0.39 is 0 Å². The molecule has 3 heteroatoms. The van der Waals surface area contributed by atoms with Crippen LogP contribution in [-0.2, 0) is 4.79 Å². The monoisotopic (exact) mass is 210 g/mol. The van der Waals surface area contributed by atoms with Crippen LogP contribution < -0.4 is 5.32 Å². The summed E-state index contributed by atoms with van der Waals surface area (Å²) in [6, 6.07) is 0. The highest BCUT2D eigenvalue weighted by atomic mass is 16.2. The summed E-state index contributed by atoms with van der Waals surface area (Å²) in [7, 11) is 0. The van der Waals surface area contributed by atoms with Crippen LogP contribution in [0.4, 0.5) is 0 Å². The van der Waals surface area contributed by atoms with Gasteiger partial charge in [0.2, 0.25) is 5.91 Å². The minimum atomic E-state index is -0.128. The topological polar surface area (TPSA) is 32.3 Å². The lowest BCUT2D eigenvalue weighted by molar-refractivity contribution is -0.131. The number of carbonyl (C=O) groups is 1. The lowest BCUT2D eigenvalue weighted by Crippen LogP contribution is -2.53. The number of rotatable bonds is 2. The molecule has 1 heterocycles. The molecule has 0 radical (unpaired) electrons. The number of hydrogen-bond acceptors (Lipinski definition) is 2. The molecule has 86 valence electrons. The SMILES string of the molecule is C=CCN1CC(C)(C)NC(C)(C)CC1=O. The van der Waals surface area contributed by atoms with Gasteiger partial charge in [0.25, 0.3) is 0 Å². The fourth-order valence-corrected chi connectivity index (χ4v) is 2.38. The van der Waals surface area contributed by atoms with Gasteiger partial charge in [-0.2, -0.15) is 0 Å². The molecule has 0 saturated carbocycles. The standard InChI is InChI=1S/C12H22N2O/c1-6-7-14-9-12(4,5)13-11(2,3)8-10(14)15/h6,13H,1,7-9H2,2-5H3. The molecule has 1 amide bonds. The second-order valence-electron chi connectivity index (χ2n) is 5.63. The second-order valence-corrected chi connectivity index (χ2v) is 5.63. The van der Waals surface area contributed by atoms with Crippen molar-refractivity contribution in [2.45, 2.75) is 45.2 Å². The van der Waals surface area contributed by atoms with Crippen LogP contribution >= 0.6 is 0 Å². The number of amides is 1. The average molecular weight is 210 g/mol. The highest BCUT2D eigenvalue weighted by Gasteiger charge is 2.36. The Hall–Kier alpha value is -0.830. The largest absolute Gasteiger partial charge is 0.337 e. The van der Waals surface area contributed by atoms with Crippen LogP contribution in [-0.4, -0.2) is 35.0 Å². The third kappa shape index (κ3) is 3.34. The molecule has 1 aliphatic heterocycles. The van der Waals surface area contributed by atoms with Crippen molar-refractivity contribution in [2.75, 3.05) is 13.1 Å². The third-order valence-corrected chi connectivity index (χ3v) is 2.56. The molecule has 0 bridgehead atoms. The smallest absolute Gasteiger partial charge is 0.224 e. The van der Waals surface area contributed by atoms with Gasteiger partial charge in [-0.25, -0.2) is 0 Å². The maximum Gasteiger partial charge on any atom is 0.224 e. The molecule has 0 unspecified atom stereocenters. The Balaban J connectivity index is 2.88. The van der Waals surface area contributed by atoms with E-state index in [9.17, 15) is 4.79 Å². The molecule has 15 heavy (non-hydrogen) atoms. The second kappa shape index (κ2) is 3.97. The van der Waals surface area contributed by atoms with Crippen molar-refractivity contribution in [3.63, 3.8) is 0 Å². The van der Waals surface area contributed by atoms with Gasteiger partial charge < -0.3 is 10.2 Å². The summed E-state index contributed by atoms with van der Waals surface area (Å²) in [6.07, 6.45) is 2.33. The zero-order valence-corrected chi connectivity index (χ0v) is 10.3. The number of nitrogens with one attached hydrogen (secondary N) is 1. The van der Waals surface area contributed by atoms with Crippen LogP contribution in [0.25, 0.3) is 0 Å². The highest BCUT2D eigenvalue weighted by molar-refractivity contribution is 5.78. The first-order valence-corrected chi connectivity index (χ1v) is 5.44. The van der Waals surface area contributed by atoms with Crippen molar-refractivity contribution in [3.8, 4) is 0 Å². The molecule has 1 saturated heterocycles. The summed E-state index contributed by atoms with van der Waals surface area (Å²) in [4.78, 5) is 13.8. The molecular weight excluding hydrogens is 188 g/mol. The van der Waals surface area contributed by atoms with Crippen LogP contribution in [0.3, 0.4) is 0 Å². The first-order chi connectivity index (χ1) is 6.76. The molecule has 1 aliphatic rings. The van der Waals surface area contributed by atoms with E-state index in [-0.39, 0.29) is 17.0 Å². The Morgan fingerprint density at radius 1 is 1.40 bits per heavy atom. The van der Waals surface area contributed by atoms with Gasteiger partial charge in [0.1, 0.15) is 0 Å². The molecule has 0 aromatic heterocycles. The number of hydrogen-bond donors (Lipinski definition) is 1. The van der Waals surface area contributed by atoms with Crippen LogP contribution in [0.5, 0.6) is 0 Å². The quantitative estimate of drug-likeness (QED) is 0.701. The summed E-state index contributed by atoms with van der Waals surface area (Å²) in [5.74, 6) is 0.206. The maximum atomic E-state index is 11.9. The lowest BCUT2D eigenvalue weighted by Gasteiger charge is -2.34. The lowest BCUT2D eigenvalue weighted by atomic mass is 9.96. The molecule has 0 aromatic carbocycles. The molecule has 1 N–H and O–H groups in total. The first-order valence-electron chi connectivity index (χ1n) is 5.44. The molecule has 1 fully saturated rings. The van der Waals surface area contributed by atoms with Gasteiger partial charge in [-0.15, -0.1) is 6.58 Å². The normalized spacial score (nSPS) is 24.8. The van der Waals surface area contributed by atoms with Crippen molar-refractivity contribution in [2.24, 2.45) is 0 Å². The molecule has 1 rings (SSSR count). The summed E-state index contributed by atoms with van der Waals surface area (Å²) in [6.45, 7) is 13.5. The fraction of sp³-hybridized carbons (Fsp3) is 0.750. The van der Waals surface area contributed by atoms with Crippen LogP contribution in [0.15, 0.2) is 12.7 Å². The zero-order valence-electron chi connectivity index (χ0n) is 10.3. The molecule has 0 aliphatic carbocycles. The number of nitrogens with zero attached hydrogens (tertiary/aromatic N) is 1. The minimum Gasteiger partial charge on any atom is -0.337 e. The van der Waals surface area contributed by atoms with Gasteiger partial charge in [-0.1, -0.05) is 6.08 Å². The first kappa shape index (κ1) is 12.2. The zero-order chi connectivity index (χ0) is 11.7. The van der Waals surface area contributed by atoms with Gasteiger partial charge in [-0.05, 0) is 27.7 Å². The summed E-state index contributed by atoms with van der Waals surface area (Å²) in [5, 5.41) is 3.52. The third-order valence-electron chi connectivity index (χ3n) is 2.56. The van der Waals surface area contributed by atoms with E-state index in [0.717, 1.165) is 6.54 Å². The summed E-state index contributed by atoms with van der Waals surface area (Å²) in [5.41, 5.74) is -0.171.